The van der Waals surface area contributed by atoms with Gasteiger partial charge in [0, 0.05) is 0 Å². The molecule has 196 valence electrons. The van der Waals surface area contributed by atoms with Crippen LogP contribution in [0.1, 0.15) is 55.4 Å². The zero-order valence-electron chi connectivity index (χ0n) is 20.6. The van der Waals surface area contributed by atoms with Gasteiger partial charge in [-0.3, -0.25) is 0 Å². The summed E-state index contributed by atoms with van der Waals surface area (Å²) in [5.41, 5.74) is 0. The van der Waals surface area contributed by atoms with Crippen LogP contribution >= 0.6 is 0 Å². The van der Waals surface area contributed by atoms with Crippen LogP contribution < -0.4 is 10.0 Å². The van der Waals surface area contributed by atoms with Gasteiger partial charge in [-0.2, -0.15) is 22.0 Å². The molecule has 0 aliphatic heterocycles. The summed E-state index contributed by atoms with van der Waals surface area (Å²) < 4.78 is 58.1. The number of carboxylic acids is 1. The van der Waals surface area contributed by atoms with E-state index in [1.807, 2.05) is 0 Å². The first-order chi connectivity index (χ1) is 14.4. The Kier molecular flexibility index (Phi) is 22.0. The highest BCUT2D eigenvalue weighted by atomic mass is 19.4. The largest absolute Gasteiger partial charge is 0.871 e. The predicted octanol–water partition coefficient (Wildman–Crippen LogP) is 1.72. The fourth-order valence-electron chi connectivity index (χ4n) is 2.80. The predicted molar refractivity (Wildman–Crippen MR) is 111 cm³/mol. The van der Waals surface area contributed by atoms with Gasteiger partial charge in [0.1, 0.15) is 0 Å². The minimum absolute atomic E-state index is 1.28. The molecule has 0 aromatic carbocycles. The number of aliphatic carboxylic acids is 1. The highest BCUT2D eigenvalue weighted by molar-refractivity contribution is 6.26. The third-order valence-electron chi connectivity index (χ3n) is 5.99. The van der Waals surface area contributed by atoms with E-state index in [9.17, 15) is 26.7 Å². The van der Waals surface area contributed by atoms with Crippen molar-refractivity contribution in [1.82, 2.24) is 0 Å². The Labute approximate surface area is 189 Å². The molecule has 0 saturated heterocycles. The smallest absolute Gasteiger partial charge is 0.465 e. The molecule has 0 atom stereocenters. The first-order valence-electron chi connectivity index (χ1n) is 10.8. The Bertz CT molecular complexity index is 404. The molecule has 0 radical (unpaired) electrons. The van der Waals surface area contributed by atoms with Gasteiger partial charge in [-0.15, -0.1) is 0 Å². The summed E-state index contributed by atoms with van der Waals surface area (Å²) in [6.45, 7) is 28.4. The molecule has 0 bridgehead atoms. The van der Waals surface area contributed by atoms with Gasteiger partial charge in [-0.1, -0.05) is 0 Å². The van der Waals surface area contributed by atoms with Crippen molar-refractivity contribution in [3.8, 4) is 0 Å². The van der Waals surface area contributed by atoms with Crippen LogP contribution in [0.3, 0.4) is 0 Å². The van der Waals surface area contributed by atoms with E-state index in [4.69, 9.17) is 20.2 Å². The molecule has 0 aromatic rings. The third kappa shape index (κ3) is 15.7. The van der Waals surface area contributed by atoms with E-state index >= 15 is 0 Å². The monoisotopic (exact) mass is 484 g/mol. The second-order valence-corrected chi connectivity index (χ2v) is 6.90. The maximum atomic E-state index is 11.3. The first kappa shape index (κ1) is 38.3. The van der Waals surface area contributed by atoms with Crippen molar-refractivity contribution >= 4 is 13.3 Å². The quantitative estimate of drug-likeness (QED) is 0.295. The molecule has 0 amide bonds. The van der Waals surface area contributed by atoms with Crippen molar-refractivity contribution in [2.45, 2.75) is 67.5 Å². The molecule has 0 rings (SSSR count). The van der Waals surface area contributed by atoms with Crippen molar-refractivity contribution in [2.75, 3.05) is 52.4 Å². The summed E-state index contributed by atoms with van der Waals surface area (Å²) >= 11 is 0. The highest BCUT2D eigenvalue weighted by Crippen LogP contribution is 2.35. The zero-order valence-corrected chi connectivity index (χ0v) is 20.6. The molecule has 0 unspecified atom stereocenters. The number of carbonyl (C=O) groups is 1. The number of alkyl halides is 5. The molecule has 0 aromatic heterocycles. The Balaban J connectivity index is -0.000000170. The molecule has 0 aliphatic rings. The Morgan fingerprint density at radius 2 is 0.844 bits per heavy atom. The van der Waals surface area contributed by atoms with Crippen LogP contribution in [-0.4, -0.2) is 96.8 Å². The highest BCUT2D eigenvalue weighted by Gasteiger charge is 2.64. The molecular formula is C19H42BF5N2O5. The van der Waals surface area contributed by atoms with E-state index in [0.717, 1.165) is 0 Å². The fraction of sp³-hybridized carbons (Fsp3) is 0.947. The second-order valence-electron chi connectivity index (χ2n) is 6.90. The SMILES string of the molecule is CC[N+](CC)(CC)CC.CC[N+](CC)(CC)CC.O=C(O)C(F)(F)C(F)(F)F.[O-]B([O-])O. The molecule has 13 heteroatoms. The average molecular weight is 484 g/mol. The van der Waals surface area contributed by atoms with E-state index in [-0.39, 0.29) is 0 Å². The molecule has 0 spiro atoms. The fourth-order valence-corrected chi connectivity index (χ4v) is 2.80. The van der Waals surface area contributed by atoms with Crippen molar-refractivity contribution in [3.63, 3.8) is 0 Å². The van der Waals surface area contributed by atoms with Crippen LogP contribution in [0, 0.1) is 0 Å². The van der Waals surface area contributed by atoms with Crippen molar-refractivity contribution in [3.05, 3.63) is 0 Å². The van der Waals surface area contributed by atoms with E-state index in [1.54, 1.807) is 0 Å². The summed E-state index contributed by atoms with van der Waals surface area (Å²) in [7, 11) is -2.67. The first-order valence-corrected chi connectivity index (χ1v) is 10.8. The molecular weight excluding hydrogens is 442 g/mol. The minimum Gasteiger partial charge on any atom is -0.871 e. The van der Waals surface area contributed by atoms with Crippen molar-refractivity contribution in [2.24, 2.45) is 0 Å². The van der Waals surface area contributed by atoms with Gasteiger partial charge in [0.25, 0.3) is 0 Å². The topological polar surface area (TPSA) is 104 Å². The molecule has 0 aliphatic carbocycles. The summed E-state index contributed by atoms with van der Waals surface area (Å²) in [5.74, 6) is -8.84. The average Bonchev–Trinajstić information content (AvgIpc) is 2.72. The van der Waals surface area contributed by atoms with Crippen LogP contribution in [0.25, 0.3) is 0 Å². The number of quaternary nitrogens is 2. The van der Waals surface area contributed by atoms with Crippen LogP contribution in [0.4, 0.5) is 22.0 Å². The van der Waals surface area contributed by atoms with Gasteiger partial charge in [0.15, 0.2) is 0 Å². The molecule has 32 heavy (non-hydrogen) atoms. The number of hydrogen-bond donors (Lipinski definition) is 2. The molecule has 0 saturated carbocycles. The van der Waals surface area contributed by atoms with Gasteiger partial charge in [-0.05, 0) is 55.4 Å². The van der Waals surface area contributed by atoms with Gasteiger partial charge >= 0.3 is 18.1 Å². The zero-order chi connectivity index (χ0) is 26.8. The third-order valence-corrected chi connectivity index (χ3v) is 5.99. The van der Waals surface area contributed by atoms with E-state index in [1.165, 1.54) is 61.3 Å². The number of rotatable bonds is 9. The summed E-state index contributed by atoms with van der Waals surface area (Å²) in [6, 6.07) is 0. The lowest BCUT2D eigenvalue weighted by Gasteiger charge is -2.34. The Morgan fingerprint density at radius 1 is 0.688 bits per heavy atom. The van der Waals surface area contributed by atoms with Crippen molar-refractivity contribution < 1.29 is 55.9 Å². The van der Waals surface area contributed by atoms with E-state index in [0.29, 0.717) is 0 Å². The lowest BCUT2D eigenvalue weighted by Crippen LogP contribution is -2.47. The second kappa shape index (κ2) is 18.4. The molecule has 0 heterocycles. The van der Waals surface area contributed by atoms with Gasteiger partial charge < -0.3 is 29.1 Å². The van der Waals surface area contributed by atoms with E-state index in [2.05, 4.69) is 55.4 Å². The van der Waals surface area contributed by atoms with Gasteiger partial charge in [0.05, 0.1) is 59.7 Å². The van der Waals surface area contributed by atoms with Gasteiger partial charge in [0.2, 0.25) is 0 Å². The van der Waals surface area contributed by atoms with Crippen LogP contribution in [0.5, 0.6) is 0 Å². The van der Waals surface area contributed by atoms with Crippen LogP contribution in [0.2, 0.25) is 0 Å². The molecule has 0 fully saturated rings. The number of halogens is 5. The lowest BCUT2D eigenvalue weighted by atomic mass is 10.3. The minimum atomic E-state index is -6.02. The van der Waals surface area contributed by atoms with Crippen LogP contribution in [-0.2, 0) is 4.79 Å². The Hall–Kier alpha value is -1.02. The maximum Gasteiger partial charge on any atom is 0.465 e. The number of carboxylic acid groups (broad SMARTS) is 1. The lowest BCUT2D eigenvalue weighted by molar-refractivity contribution is -0.921. The normalized spacial score (nSPS) is 11.8. The van der Waals surface area contributed by atoms with Crippen LogP contribution in [0.15, 0.2) is 0 Å². The summed E-state index contributed by atoms with van der Waals surface area (Å²) in [6.07, 6.45) is -6.02. The summed E-state index contributed by atoms with van der Waals surface area (Å²) in [5, 5.41) is 31.3. The van der Waals surface area contributed by atoms with Gasteiger partial charge in [-0.25, -0.2) is 4.79 Å². The number of hydrogen-bond acceptors (Lipinski definition) is 4. The number of nitrogens with zero attached hydrogens (tertiary/aromatic N) is 2. The Morgan fingerprint density at radius 3 is 0.844 bits per heavy atom. The molecule has 2 N–H and O–H groups in total. The molecule has 7 nitrogen and oxygen atoms in total. The van der Waals surface area contributed by atoms with E-state index < -0.39 is 25.4 Å². The van der Waals surface area contributed by atoms with Crippen molar-refractivity contribution in [1.29, 1.82) is 0 Å². The maximum absolute atomic E-state index is 11.3. The summed E-state index contributed by atoms with van der Waals surface area (Å²) in [4.78, 5) is 9.20. The standard InChI is InChI=1S/2C8H20N.C3HF5O2.BHO3/c2*1-5-9(6-2,7-3)8-4;4-2(5,1(9)10)3(6,7)8;2-1(3)4/h2*5-8H2,1-4H3;(H,9,10);2H/q2*+1;;-2.